The number of aliphatic hydroxyl groups excluding tert-OH is 1. The summed E-state index contributed by atoms with van der Waals surface area (Å²) in [5.74, 6) is 0.792. The van der Waals surface area contributed by atoms with Gasteiger partial charge in [0.25, 0.3) is 0 Å². The molecule has 2 rings (SSSR count). The molecule has 0 aliphatic heterocycles. The van der Waals surface area contributed by atoms with E-state index in [2.05, 4.69) is 10.3 Å². The van der Waals surface area contributed by atoms with E-state index in [1.165, 1.54) is 0 Å². The summed E-state index contributed by atoms with van der Waals surface area (Å²) in [5, 5.41) is 13.2. The van der Waals surface area contributed by atoms with Crippen molar-refractivity contribution in [2.45, 2.75) is 12.5 Å². The molecule has 0 spiro atoms. The molecule has 4 heteroatoms. The number of aliphatic hydroxyl groups is 1. The monoisotopic (exact) mass is 246 g/mol. The fourth-order valence-electron chi connectivity index (χ4n) is 1.83. The van der Waals surface area contributed by atoms with Gasteiger partial charge in [0.15, 0.2) is 0 Å². The predicted molar refractivity (Wildman–Crippen MR) is 71.8 cm³/mol. The second-order valence-corrected chi connectivity index (χ2v) is 4.14. The van der Waals surface area contributed by atoms with Crippen LogP contribution < -0.4 is 10.1 Å². The Hall–Kier alpha value is -1.65. The number of hydrogen-bond donors (Lipinski definition) is 2. The zero-order valence-corrected chi connectivity index (χ0v) is 10.5. The summed E-state index contributed by atoms with van der Waals surface area (Å²) in [5.41, 5.74) is 0.880. The van der Waals surface area contributed by atoms with Gasteiger partial charge in [0.2, 0.25) is 0 Å². The van der Waals surface area contributed by atoms with Crippen molar-refractivity contribution in [1.29, 1.82) is 0 Å². The van der Waals surface area contributed by atoms with Gasteiger partial charge >= 0.3 is 0 Å². The first-order valence-corrected chi connectivity index (χ1v) is 6.10. The first kappa shape index (κ1) is 12.8. The molecular formula is C14H18N2O2. The van der Waals surface area contributed by atoms with E-state index in [0.29, 0.717) is 6.61 Å². The lowest BCUT2D eigenvalue weighted by Crippen LogP contribution is -2.30. The number of likely N-dealkylation sites (N-methyl/N-ethyl adjacent to an activating group) is 1. The summed E-state index contributed by atoms with van der Waals surface area (Å²) in [6.07, 6.45) is 2.52. The van der Waals surface area contributed by atoms with E-state index in [-0.39, 0.29) is 12.6 Å². The highest BCUT2D eigenvalue weighted by atomic mass is 16.5. The minimum absolute atomic E-state index is 0.0768. The van der Waals surface area contributed by atoms with Gasteiger partial charge < -0.3 is 15.2 Å². The zero-order chi connectivity index (χ0) is 12.8. The Balaban J connectivity index is 2.03. The number of hydrogen-bond acceptors (Lipinski definition) is 4. The maximum atomic E-state index is 9.06. The molecule has 0 amide bonds. The lowest BCUT2D eigenvalue weighted by molar-refractivity contribution is 0.215. The second kappa shape index (κ2) is 6.33. The third kappa shape index (κ3) is 2.97. The third-order valence-corrected chi connectivity index (χ3v) is 2.95. The fraction of sp³-hybridized carbons (Fsp3) is 0.357. The number of aromatic nitrogens is 1. The molecule has 0 aliphatic rings. The fourth-order valence-corrected chi connectivity index (χ4v) is 1.83. The average Bonchev–Trinajstić information content (AvgIpc) is 2.44. The van der Waals surface area contributed by atoms with E-state index in [1.54, 1.807) is 6.20 Å². The Morgan fingerprint density at radius 1 is 1.33 bits per heavy atom. The average molecular weight is 246 g/mol. The van der Waals surface area contributed by atoms with Gasteiger partial charge in [0.1, 0.15) is 11.3 Å². The SMILES string of the molecule is CNC(CO)CCOc1cccc2cccnc12. The normalized spacial score (nSPS) is 12.6. The molecule has 4 nitrogen and oxygen atoms in total. The van der Waals surface area contributed by atoms with Crippen LogP contribution in [0.4, 0.5) is 0 Å². The summed E-state index contributed by atoms with van der Waals surface area (Å²) >= 11 is 0. The van der Waals surface area contributed by atoms with Crippen molar-refractivity contribution >= 4 is 10.9 Å². The largest absolute Gasteiger partial charge is 0.491 e. The minimum atomic E-state index is 0.0768. The van der Waals surface area contributed by atoms with Crippen LogP contribution in [0, 0.1) is 0 Å². The Kier molecular flexibility index (Phi) is 4.50. The predicted octanol–water partition coefficient (Wildman–Crippen LogP) is 1.58. The highest BCUT2D eigenvalue weighted by Crippen LogP contribution is 2.22. The molecular weight excluding hydrogens is 228 g/mol. The van der Waals surface area contributed by atoms with Crippen molar-refractivity contribution < 1.29 is 9.84 Å². The van der Waals surface area contributed by atoms with Crippen molar-refractivity contribution in [3.8, 4) is 5.75 Å². The maximum absolute atomic E-state index is 9.06. The van der Waals surface area contributed by atoms with Gasteiger partial charge in [-0.25, -0.2) is 0 Å². The van der Waals surface area contributed by atoms with Crippen LogP contribution in [0.2, 0.25) is 0 Å². The van der Waals surface area contributed by atoms with Gasteiger partial charge in [-0.1, -0.05) is 18.2 Å². The number of fused-ring (bicyclic) bond motifs is 1. The van der Waals surface area contributed by atoms with Gasteiger partial charge in [0, 0.05) is 17.6 Å². The van der Waals surface area contributed by atoms with Crippen LogP contribution in [0.5, 0.6) is 5.75 Å². The molecule has 1 unspecified atom stereocenters. The molecule has 0 saturated carbocycles. The Morgan fingerprint density at radius 3 is 2.94 bits per heavy atom. The number of benzene rings is 1. The van der Waals surface area contributed by atoms with E-state index in [9.17, 15) is 0 Å². The van der Waals surface area contributed by atoms with E-state index in [4.69, 9.17) is 9.84 Å². The molecule has 2 N–H and O–H groups in total. The van der Waals surface area contributed by atoms with Crippen LogP contribution >= 0.6 is 0 Å². The molecule has 0 bridgehead atoms. The van der Waals surface area contributed by atoms with Gasteiger partial charge in [-0.15, -0.1) is 0 Å². The number of nitrogens with one attached hydrogen (secondary N) is 1. The summed E-state index contributed by atoms with van der Waals surface area (Å²) in [4.78, 5) is 4.33. The molecule has 1 aromatic carbocycles. The van der Waals surface area contributed by atoms with Crippen LogP contribution in [0.1, 0.15) is 6.42 Å². The van der Waals surface area contributed by atoms with Crippen molar-refractivity contribution in [2.75, 3.05) is 20.3 Å². The Bertz CT molecular complexity index is 493. The summed E-state index contributed by atoms with van der Waals surface area (Å²) in [7, 11) is 1.83. The number of nitrogens with zero attached hydrogens (tertiary/aromatic N) is 1. The molecule has 0 aliphatic carbocycles. The van der Waals surface area contributed by atoms with Gasteiger partial charge in [-0.3, -0.25) is 4.98 Å². The van der Waals surface area contributed by atoms with Gasteiger partial charge in [-0.2, -0.15) is 0 Å². The molecule has 0 fully saturated rings. The molecule has 18 heavy (non-hydrogen) atoms. The molecule has 1 atom stereocenters. The summed E-state index contributed by atoms with van der Waals surface area (Å²) < 4.78 is 5.74. The van der Waals surface area contributed by atoms with Gasteiger partial charge in [0.05, 0.1) is 13.2 Å². The lowest BCUT2D eigenvalue weighted by atomic mass is 10.2. The quantitative estimate of drug-likeness (QED) is 0.812. The molecule has 1 heterocycles. The lowest BCUT2D eigenvalue weighted by Gasteiger charge is -2.14. The smallest absolute Gasteiger partial charge is 0.145 e. The van der Waals surface area contributed by atoms with Crippen molar-refractivity contribution in [1.82, 2.24) is 10.3 Å². The van der Waals surface area contributed by atoms with Crippen molar-refractivity contribution in [3.05, 3.63) is 36.5 Å². The maximum Gasteiger partial charge on any atom is 0.145 e. The van der Waals surface area contributed by atoms with Gasteiger partial charge in [-0.05, 0) is 25.6 Å². The second-order valence-electron chi connectivity index (χ2n) is 4.14. The molecule has 96 valence electrons. The minimum Gasteiger partial charge on any atom is -0.491 e. The van der Waals surface area contributed by atoms with E-state index < -0.39 is 0 Å². The van der Waals surface area contributed by atoms with Crippen LogP contribution in [-0.2, 0) is 0 Å². The summed E-state index contributed by atoms with van der Waals surface area (Å²) in [6, 6.07) is 9.89. The molecule has 1 aromatic heterocycles. The van der Waals surface area contributed by atoms with Crippen LogP contribution in [0.15, 0.2) is 36.5 Å². The van der Waals surface area contributed by atoms with Crippen LogP contribution in [0.3, 0.4) is 0 Å². The first-order chi connectivity index (χ1) is 8.85. The van der Waals surface area contributed by atoms with E-state index in [0.717, 1.165) is 23.1 Å². The highest BCUT2D eigenvalue weighted by molar-refractivity contribution is 5.84. The molecule has 2 aromatic rings. The first-order valence-electron chi connectivity index (χ1n) is 6.10. The highest BCUT2D eigenvalue weighted by Gasteiger charge is 2.06. The Labute approximate surface area is 107 Å². The van der Waals surface area contributed by atoms with Crippen molar-refractivity contribution in [3.63, 3.8) is 0 Å². The number of rotatable bonds is 6. The summed E-state index contributed by atoms with van der Waals surface area (Å²) in [6.45, 7) is 0.676. The number of pyridine rings is 1. The van der Waals surface area contributed by atoms with Crippen LogP contribution in [0.25, 0.3) is 10.9 Å². The van der Waals surface area contributed by atoms with Crippen molar-refractivity contribution in [2.24, 2.45) is 0 Å². The van der Waals surface area contributed by atoms with E-state index >= 15 is 0 Å². The molecule has 0 radical (unpaired) electrons. The topological polar surface area (TPSA) is 54.4 Å². The van der Waals surface area contributed by atoms with E-state index in [1.807, 2.05) is 37.4 Å². The standard InChI is InChI=1S/C14H18N2O2/c1-15-12(10-17)7-9-18-13-6-2-4-11-5-3-8-16-14(11)13/h2-6,8,12,15,17H,7,9-10H2,1H3. The Morgan fingerprint density at radius 2 is 2.17 bits per heavy atom. The zero-order valence-electron chi connectivity index (χ0n) is 10.5. The van der Waals surface area contributed by atoms with Crippen LogP contribution in [-0.4, -0.2) is 36.4 Å². The number of ether oxygens (including phenoxy) is 1. The third-order valence-electron chi connectivity index (χ3n) is 2.95. The number of para-hydroxylation sites is 1. The molecule has 0 saturated heterocycles.